The molecule has 1 fully saturated rings. The highest BCUT2D eigenvalue weighted by atomic mass is 16.4. The van der Waals surface area contributed by atoms with Crippen molar-refractivity contribution in [2.45, 2.75) is 19.0 Å². The summed E-state index contributed by atoms with van der Waals surface area (Å²) in [6.45, 7) is 0.871. The summed E-state index contributed by atoms with van der Waals surface area (Å²) in [5.41, 5.74) is 0.504. The van der Waals surface area contributed by atoms with Gasteiger partial charge >= 0.3 is 5.97 Å². The minimum atomic E-state index is -1.05. The monoisotopic (exact) mass is 236 g/mol. The summed E-state index contributed by atoms with van der Waals surface area (Å²) < 4.78 is 0. The molecule has 1 aliphatic rings. The molecule has 0 aliphatic carbocycles. The van der Waals surface area contributed by atoms with Crippen LogP contribution in [-0.4, -0.2) is 39.5 Å². The van der Waals surface area contributed by atoms with Crippen LogP contribution < -0.4 is 10.6 Å². The summed E-state index contributed by atoms with van der Waals surface area (Å²) >= 11 is 0. The first-order chi connectivity index (χ1) is 8.16. The second kappa shape index (κ2) is 4.88. The number of aromatic nitrogens is 2. The summed E-state index contributed by atoms with van der Waals surface area (Å²) in [5.74, 6) is -1.05. The van der Waals surface area contributed by atoms with E-state index in [0.29, 0.717) is 25.2 Å². The second-order valence-corrected chi connectivity index (χ2v) is 3.77. The van der Waals surface area contributed by atoms with Crippen LogP contribution in [0.2, 0.25) is 0 Å². The molecule has 1 saturated heterocycles. The normalized spacial score (nSPS) is 19.1. The van der Waals surface area contributed by atoms with Crippen molar-refractivity contribution in [2.24, 2.45) is 0 Å². The third kappa shape index (κ3) is 2.76. The van der Waals surface area contributed by atoms with Crippen molar-refractivity contribution in [3.8, 4) is 0 Å². The Kier molecular flexibility index (Phi) is 3.29. The largest absolute Gasteiger partial charge is 0.478 e. The average molecular weight is 236 g/mol. The zero-order chi connectivity index (χ0) is 12.3. The number of rotatable bonds is 4. The fraction of sp³-hybridized carbons (Fsp3) is 0.400. The number of carboxylic acid groups (broad SMARTS) is 1. The first kappa shape index (κ1) is 11.5. The Labute approximate surface area is 97.3 Å². The third-order valence-corrected chi connectivity index (χ3v) is 2.56. The second-order valence-electron chi connectivity index (χ2n) is 3.77. The Bertz CT molecular complexity index is 449. The molecule has 1 unspecified atom stereocenters. The van der Waals surface area contributed by atoms with E-state index in [9.17, 15) is 9.59 Å². The van der Waals surface area contributed by atoms with Crippen molar-refractivity contribution in [2.75, 3.05) is 6.54 Å². The summed E-state index contributed by atoms with van der Waals surface area (Å²) in [6.07, 6.45) is 2.99. The van der Waals surface area contributed by atoms with Gasteiger partial charge in [0.2, 0.25) is 5.91 Å². The minimum absolute atomic E-state index is 0.00338. The van der Waals surface area contributed by atoms with Crippen LogP contribution in [0, 0.1) is 0 Å². The van der Waals surface area contributed by atoms with E-state index in [1.165, 1.54) is 12.5 Å². The molecule has 1 aliphatic heterocycles. The molecule has 0 radical (unpaired) electrons. The summed E-state index contributed by atoms with van der Waals surface area (Å²) in [5, 5.41) is 14.7. The van der Waals surface area contributed by atoms with Crippen molar-refractivity contribution in [3.63, 3.8) is 0 Å². The van der Waals surface area contributed by atoms with Crippen LogP contribution in [0.4, 0.5) is 0 Å². The minimum Gasteiger partial charge on any atom is -0.478 e. The number of nitrogens with zero attached hydrogens (tertiary/aromatic N) is 2. The highest BCUT2D eigenvalue weighted by Gasteiger charge is 2.21. The summed E-state index contributed by atoms with van der Waals surface area (Å²) in [6, 6.07) is 0.0270. The molecule has 0 saturated carbocycles. The average Bonchev–Trinajstić information content (AvgIpc) is 2.73. The first-order valence-electron chi connectivity index (χ1n) is 5.19. The lowest BCUT2D eigenvalue weighted by molar-refractivity contribution is -0.119. The summed E-state index contributed by atoms with van der Waals surface area (Å²) in [7, 11) is 0. The lowest BCUT2D eigenvalue weighted by atomic mass is 10.2. The van der Waals surface area contributed by atoms with Crippen molar-refractivity contribution in [1.29, 1.82) is 0 Å². The smallest absolute Gasteiger partial charge is 0.339 e. The van der Waals surface area contributed by atoms with Crippen LogP contribution in [0.5, 0.6) is 0 Å². The van der Waals surface area contributed by atoms with Gasteiger partial charge in [0.05, 0.1) is 5.69 Å². The Morgan fingerprint density at radius 2 is 2.47 bits per heavy atom. The van der Waals surface area contributed by atoms with Crippen LogP contribution in [0.25, 0.3) is 0 Å². The predicted octanol–water partition coefficient (Wildman–Crippen LogP) is -0.847. The molecular weight excluding hydrogens is 224 g/mol. The zero-order valence-corrected chi connectivity index (χ0v) is 9.01. The number of hydrogen-bond acceptors (Lipinski definition) is 5. The highest BCUT2D eigenvalue weighted by molar-refractivity contribution is 5.88. The van der Waals surface area contributed by atoms with Crippen LogP contribution in [-0.2, 0) is 11.3 Å². The highest BCUT2D eigenvalue weighted by Crippen LogP contribution is 2.05. The number of nitrogens with one attached hydrogen (secondary N) is 2. The van der Waals surface area contributed by atoms with Gasteiger partial charge in [-0.25, -0.2) is 14.8 Å². The van der Waals surface area contributed by atoms with Gasteiger partial charge in [-0.05, 0) is 0 Å². The van der Waals surface area contributed by atoms with Crippen molar-refractivity contribution in [1.82, 2.24) is 20.6 Å². The Morgan fingerprint density at radius 1 is 1.65 bits per heavy atom. The maximum Gasteiger partial charge on any atom is 0.339 e. The van der Waals surface area contributed by atoms with E-state index in [4.69, 9.17) is 5.11 Å². The molecule has 2 heterocycles. The molecule has 0 aromatic carbocycles. The fourth-order valence-corrected chi connectivity index (χ4v) is 1.66. The molecule has 0 bridgehead atoms. The van der Waals surface area contributed by atoms with E-state index in [0.717, 1.165) is 0 Å². The topological polar surface area (TPSA) is 104 Å². The Balaban J connectivity index is 1.99. The number of carbonyl (C=O) groups excluding carboxylic acids is 1. The molecule has 3 N–H and O–H groups in total. The Morgan fingerprint density at radius 3 is 3.12 bits per heavy atom. The molecule has 1 aromatic heterocycles. The van der Waals surface area contributed by atoms with Crippen molar-refractivity contribution >= 4 is 11.9 Å². The molecule has 1 atom stereocenters. The predicted molar refractivity (Wildman–Crippen MR) is 57.2 cm³/mol. The molecule has 7 heteroatoms. The van der Waals surface area contributed by atoms with E-state index in [1.54, 1.807) is 0 Å². The third-order valence-electron chi connectivity index (χ3n) is 2.56. The van der Waals surface area contributed by atoms with Crippen molar-refractivity contribution < 1.29 is 14.7 Å². The van der Waals surface area contributed by atoms with E-state index >= 15 is 0 Å². The lowest BCUT2D eigenvalue weighted by Crippen LogP contribution is -2.31. The molecule has 17 heavy (non-hydrogen) atoms. The maximum atomic E-state index is 11.0. The van der Waals surface area contributed by atoms with Gasteiger partial charge in [0.25, 0.3) is 0 Å². The van der Waals surface area contributed by atoms with Crippen LogP contribution in [0.1, 0.15) is 22.5 Å². The van der Waals surface area contributed by atoms with Crippen LogP contribution in [0.15, 0.2) is 12.5 Å². The maximum absolute atomic E-state index is 11.0. The van der Waals surface area contributed by atoms with E-state index < -0.39 is 5.97 Å². The van der Waals surface area contributed by atoms with Crippen LogP contribution >= 0.6 is 0 Å². The van der Waals surface area contributed by atoms with Crippen molar-refractivity contribution in [3.05, 3.63) is 23.8 Å². The molecule has 1 amide bonds. The van der Waals surface area contributed by atoms with Gasteiger partial charge in [-0.2, -0.15) is 0 Å². The van der Waals surface area contributed by atoms with E-state index in [2.05, 4.69) is 20.6 Å². The van der Waals surface area contributed by atoms with Gasteiger partial charge in [0.1, 0.15) is 11.9 Å². The van der Waals surface area contributed by atoms with Gasteiger partial charge in [-0.1, -0.05) is 0 Å². The van der Waals surface area contributed by atoms with Crippen LogP contribution in [0.3, 0.4) is 0 Å². The van der Waals surface area contributed by atoms with Gasteiger partial charge in [-0.3, -0.25) is 4.79 Å². The molecule has 7 nitrogen and oxygen atoms in total. The quantitative estimate of drug-likeness (QED) is 0.629. The van der Waals surface area contributed by atoms with Gasteiger partial charge in [-0.15, -0.1) is 0 Å². The number of amides is 1. The Hall–Kier alpha value is -2.02. The van der Waals surface area contributed by atoms with Gasteiger partial charge < -0.3 is 15.7 Å². The van der Waals surface area contributed by atoms with Gasteiger partial charge in [0.15, 0.2) is 0 Å². The van der Waals surface area contributed by atoms with E-state index in [-0.39, 0.29) is 17.5 Å². The number of carboxylic acids is 1. The fourth-order valence-electron chi connectivity index (χ4n) is 1.66. The molecule has 0 spiro atoms. The van der Waals surface area contributed by atoms with E-state index in [1.807, 2.05) is 0 Å². The standard InChI is InChI=1S/C10H12N4O3/c15-9-1-6(2-13-9)12-4-8-7(10(16)17)3-11-5-14-8/h3,5-6,12H,1-2,4H2,(H,13,15)(H,16,17). The number of aromatic carboxylic acids is 1. The first-order valence-corrected chi connectivity index (χ1v) is 5.19. The SMILES string of the molecule is O=C1CC(NCc2ncncc2C(=O)O)CN1. The zero-order valence-electron chi connectivity index (χ0n) is 9.01. The van der Waals surface area contributed by atoms with Gasteiger partial charge in [0, 0.05) is 31.7 Å². The number of carbonyl (C=O) groups is 2. The lowest BCUT2D eigenvalue weighted by Gasteiger charge is -2.10. The molecular formula is C10H12N4O3. The molecule has 1 aromatic rings. The number of hydrogen-bond donors (Lipinski definition) is 3. The summed E-state index contributed by atoms with van der Waals surface area (Å²) in [4.78, 5) is 29.5. The molecule has 90 valence electrons. The molecule has 2 rings (SSSR count).